The molecule has 1 N–H and O–H groups in total. The van der Waals surface area contributed by atoms with Crippen LogP contribution in [0.4, 0.5) is 18.0 Å². The molecule has 1 heterocycles. The zero-order chi connectivity index (χ0) is 30.2. The molecule has 3 aromatic rings. The molecule has 0 fully saturated rings. The SMILES string of the molecule is CCCc1cc2c(C(F)(F)F)cc(=O)oc2c(CCC)c1OCCCCN(C=O)C(=O)NC(C)c1ccc(Cl)cc1. The molecule has 0 aliphatic carbocycles. The molecule has 7 nitrogen and oxygen atoms in total. The summed E-state index contributed by atoms with van der Waals surface area (Å²) in [5.41, 5.74) is -0.340. The topological polar surface area (TPSA) is 88.8 Å². The van der Waals surface area contributed by atoms with E-state index >= 15 is 0 Å². The van der Waals surface area contributed by atoms with Crippen LogP contribution >= 0.6 is 11.6 Å². The molecule has 2 aromatic carbocycles. The Hall–Kier alpha value is -3.53. The van der Waals surface area contributed by atoms with E-state index in [1.54, 1.807) is 31.2 Å². The Kier molecular flexibility index (Phi) is 11.2. The number of unbranched alkanes of at least 4 members (excludes halogenated alkanes) is 1. The first-order chi connectivity index (χ1) is 19.5. The number of imide groups is 1. The van der Waals surface area contributed by atoms with Gasteiger partial charge in [0.2, 0.25) is 6.41 Å². The summed E-state index contributed by atoms with van der Waals surface area (Å²) < 4.78 is 52.7. The number of aryl methyl sites for hydroxylation is 2. The summed E-state index contributed by atoms with van der Waals surface area (Å²) in [7, 11) is 0. The van der Waals surface area contributed by atoms with Crippen LogP contribution in [-0.4, -0.2) is 30.5 Å². The summed E-state index contributed by atoms with van der Waals surface area (Å²) in [6.45, 7) is 5.93. The van der Waals surface area contributed by atoms with Crippen molar-refractivity contribution in [2.24, 2.45) is 0 Å². The van der Waals surface area contributed by atoms with E-state index < -0.39 is 23.4 Å². The number of halogens is 4. The molecule has 11 heteroatoms. The van der Waals surface area contributed by atoms with Crippen LogP contribution in [0.2, 0.25) is 5.02 Å². The van der Waals surface area contributed by atoms with E-state index in [1.807, 2.05) is 13.8 Å². The first-order valence-electron chi connectivity index (χ1n) is 13.6. The summed E-state index contributed by atoms with van der Waals surface area (Å²) >= 11 is 5.91. The number of nitrogens with zero attached hydrogens (tertiary/aromatic N) is 1. The minimum atomic E-state index is -4.72. The second-order valence-corrected chi connectivity index (χ2v) is 10.2. The van der Waals surface area contributed by atoms with Crippen molar-refractivity contribution in [1.82, 2.24) is 10.2 Å². The van der Waals surface area contributed by atoms with E-state index in [-0.39, 0.29) is 30.2 Å². The lowest BCUT2D eigenvalue weighted by Gasteiger charge is -2.21. The highest BCUT2D eigenvalue weighted by Crippen LogP contribution is 2.40. The van der Waals surface area contributed by atoms with Gasteiger partial charge < -0.3 is 14.5 Å². The Labute approximate surface area is 241 Å². The van der Waals surface area contributed by atoms with E-state index in [4.69, 9.17) is 20.8 Å². The summed E-state index contributed by atoms with van der Waals surface area (Å²) in [6, 6.07) is 8.02. The van der Waals surface area contributed by atoms with Crippen molar-refractivity contribution in [3.8, 4) is 5.75 Å². The van der Waals surface area contributed by atoms with E-state index in [0.29, 0.717) is 72.9 Å². The fourth-order valence-corrected chi connectivity index (χ4v) is 4.74. The van der Waals surface area contributed by atoms with Crippen LogP contribution in [0, 0.1) is 0 Å². The van der Waals surface area contributed by atoms with Gasteiger partial charge in [0.05, 0.1) is 18.2 Å². The maximum Gasteiger partial charge on any atom is 0.417 e. The number of hydrogen-bond donors (Lipinski definition) is 1. The van der Waals surface area contributed by atoms with Crippen molar-refractivity contribution < 1.29 is 31.9 Å². The lowest BCUT2D eigenvalue weighted by Crippen LogP contribution is -2.40. The number of ether oxygens (including phenoxy) is 1. The van der Waals surface area contributed by atoms with Gasteiger partial charge in [0.25, 0.3) is 0 Å². The van der Waals surface area contributed by atoms with E-state index in [1.165, 1.54) is 6.07 Å². The highest BCUT2D eigenvalue weighted by Gasteiger charge is 2.35. The minimum absolute atomic E-state index is 0.111. The number of carbonyl (C=O) groups excluding carboxylic acids is 2. The molecule has 1 aromatic heterocycles. The highest BCUT2D eigenvalue weighted by atomic mass is 35.5. The van der Waals surface area contributed by atoms with Crippen LogP contribution in [-0.2, 0) is 23.8 Å². The molecule has 0 aliphatic rings. The van der Waals surface area contributed by atoms with Gasteiger partial charge in [-0.2, -0.15) is 13.2 Å². The molecule has 0 bridgehead atoms. The largest absolute Gasteiger partial charge is 0.493 e. The van der Waals surface area contributed by atoms with Crippen molar-refractivity contribution in [2.75, 3.05) is 13.2 Å². The van der Waals surface area contributed by atoms with Gasteiger partial charge in [-0.15, -0.1) is 0 Å². The molecule has 1 atom stereocenters. The molecule has 0 spiro atoms. The number of benzene rings is 2. The first kappa shape index (κ1) is 32.0. The quantitative estimate of drug-likeness (QED) is 0.126. The van der Waals surface area contributed by atoms with E-state index in [2.05, 4.69) is 5.32 Å². The summed E-state index contributed by atoms with van der Waals surface area (Å²) in [5.74, 6) is 0.422. The van der Waals surface area contributed by atoms with Crippen molar-refractivity contribution in [3.63, 3.8) is 0 Å². The number of nitrogens with one attached hydrogen (secondary N) is 1. The fourth-order valence-electron chi connectivity index (χ4n) is 4.62. The van der Waals surface area contributed by atoms with Crippen LogP contribution < -0.4 is 15.7 Å². The standard InChI is InChI=1S/C30H34ClF3N2O5/c1-4-8-21-16-24-25(30(32,33)34)17-26(38)41-28(24)23(9-5-2)27(21)40-15-7-6-14-36(18-37)29(39)35-19(3)20-10-12-22(31)13-11-20/h10-13,16-19H,4-9,14-15H2,1-3H3,(H,35,39). The Morgan fingerprint density at radius 3 is 2.41 bits per heavy atom. The summed E-state index contributed by atoms with van der Waals surface area (Å²) in [4.78, 5) is 37.3. The van der Waals surface area contributed by atoms with Crippen molar-refractivity contribution in [1.29, 1.82) is 0 Å². The van der Waals surface area contributed by atoms with Gasteiger partial charge in [-0.1, -0.05) is 50.4 Å². The summed E-state index contributed by atoms with van der Waals surface area (Å²) in [5, 5.41) is 3.20. The fraction of sp³-hybridized carbons (Fsp3) is 0.433. The van der Waals surface area contributed by atoms with Gasteiger partial charge in [0, 0.05) is 28.6 Å². The van der Waals surface area contributed by atoms with Gasteiger partial charge >= 0.3 is 17.8 Å². The normalized spacial score (nSPS) is 12.3. The first-order valence-corrected chi connectivity index (χ1v) is 14.0. The van der Waals surface area contributed by atoms with Crippen LogP contribution in [0.5, 0.6) is 5.75 Å². The monoisotopic (exact) mass is 594 g/mol. The zero-order valence-electron chi connectivity index (χ0n) is 23.3. The third-order valence-corrected chi connectivity index (χ3v) is 6.87. The predicted octanol–water partition coefficient (Wildman–Crippen LogP) is 7.46. The predicted molar refractivity (Wildman–Crippen MR) is 151 cm³/mol. The Morgan fingerprint density at radius 2 is 1.80 bits per heavy atom. The van der Waals surface area contributed by atoms with Gasteiger partial charge in [-0.05, 0) is 61.9 Å². The molecule has 222 valence electrons. The Morgan fingerprint density at radius 1 is 1.12 bits per heavy atom. The highest BCUT2D eigenvalue weighted by molar-refractivity contribution is 6.30. The smallest absolute Gasteiger partial charge is 0.417 e. The third-order valence-electron chi connectivity index (χ3n) is 6.62. The van der Waals surface area contributed by atoms with Crippen molar-refractivity contribution in [3.05, 3.63) is 74.1 Å². The molecule has 1 unspecified atom stereocenters. The average molecular weight is 595 g/mol. The second-order valence-electron chi connectivity index (χ2n) is 9.77. The number of hydrogen-bond acceptors (Lipinski definition) is 5. The molecule has 0 aliphatic heterocycles. The zero-order valence-corrected chi connectivity index (χ0v) is 24.0. The van der Waals surface area contributed by atoms with Crippen LogP contribution in [0.1, 0.15) is 74.8 Å². The number of rotatable bonds is 13. The Balaban J connectivity index is 1.72. The lowest BCUT2D eigenvalue weighted by atomic mass is 9.96. The minimum Gasteiger partial charge on any atom is -0.493 e. The Bertz CT molecular complexity index is 1410. The third kappa shape index (κ3) is 8.25. The van der Waals surface area contributed by atoms with Crippen molar-refractivity contribution in [2.45, 2.75) is 71.5 Å². The van der Waals surface area contributed by atoms with Gasteiger partial charge in [0.15, 0.2) is 0 Å². The van der Waals surface area contributed by atoms with Gasteiger partial charge in [0.1, 0.15) is 11.3 Å². The van der Waals surface area contributed by atoms with Crippen LogP contribution in [0.3, 0.4) is 0 Å². The number of carbonyl (C=O) groups is 2. The molecular weight excluding hydrogens is 561 g/mol. The molecule has 3 amide bonds. The lowest BCUT2D eigenvalue weighted by molar-refractivity contribution is -0.136. The van der Waals surface area contributed by atoms with Crippen LogP contribution in [0.15, 0.2) is 45.6 Å². The number of alkyl halides is 3. The number of urea groups is 1. The second kappa shape index (κ2) is 14.4. The maximum absolute atomic E-state index is 13.8. The number of amides is 3. The van der Waals surface area contributed by atoms with Gasteiger partial charge in [-0.25, -0.2) is 9.59 Å². The van der Waals surface area contributed by atoms with E-state index in [9.17, 15) is 27.6 Å². The molecule has 0 saturated carbocycles. The molecule has 0 radical (unpaired) electrons. The number of fused-ring (bicyclic) bond motifs is 1. The molecular formula is C30H34ClF3N2O5. The summed E-state index contributed by atoms with van der Waals surface area (Å²) in [6.07, 6.45) is -1.25. The maximum atomic E-state index is 13.8. The van der Waals surface area contributed by atoms with Crippen molar-refractivity contribution >= 4 is 35.0 Å². The average Bonchev–Trinajstić information content (AvgIpc) is 2.91. The molecule has 0 saturated heterocycles. The molecule has 3 rings (SSSR count). The van der Waals surface area contributed by atoms with Gasteiger partial charge in [-0.3, -0.25) is 9.69 Å². The van der Waals surface area contributed by atoms with E-state index in [0.717, 1.165) is 10.5 Å². The van der Waals surface area contributed by atoms with Crippen LogP contribution in [0.25, 0.3) is 11.0 Å². The molecule has 41 heavy (non-hydrogen) atoms.